The minimum absolute atomic E-state index is 0.00221. The van der Waals surface area contributed by atoms with Crippen LogP contribution in [0.5, 0.6) is 0 Å². The van der Waals surface area contributed by atoms with Crippen LogP contribution in [0.15, 0.2) is 30.3 Å². The smallest absolute Gasteiger partial charge is 0.0593 e. The molecule has 3 nitrogen and oxygen atoms in total. The highest BCUT2D eigenvalue weighted by molar-refractivity contribution is 5.25. The van der Waals surface area contributed by atoms with Gasteiger partial charge in [0.05, 0.1) is 6.61 Å². The average molecular weight is 250 g/mol. The van der Waals surface area contributed by atoms with E-state index in [-0.39, 0.29) is 5.41 Å². The van der Waals surface area contributed by atoms with Gasteiger partial charge in [-0.05, 0) is 19.5 Å². The Labute approximate surface area is 111 Å². The van der Waals surface area contributed by atoms with Crippen molar-refractivity contribution < 1.29 is 4.74 Å². The minimum atomic E-state index is 0.00221. The van der Waals surface area contributed by atoms with E-state index < -0.39 is 0 Å². The SMILES string of the molecule is CCOCCN(C)CC(C)(CN)c1ccccc1. The molecule has 1 aromatic carbocycles. The quantitative estimate of drug-likeness (QED) is 0.716. The molecule has 0 spiro atoms. The van der Waals surface area contributed by atoms with Crippen LogP contribution in [0.3, 0.4) is 0 Å². The maximum absolute atomic E-state index is 5.98. The molecule has 1 unspecified atom stereocenters. The molecule has 1 rings (SSSR count). The minimum Gasteiger partial charge on any atom is -0.380 e. The number of nitrogens with two attached hydrogens (primary N) is 1. The second kappa shape index (κ2) is 7.52. The van der Waals surface area contributed by atoms with Gasteiger partial charge in [-0.15, -0.1) is 0 Å². The summed E-state index contributed by atoms with van der Waals surface area (Å²) in [6, 6.07) is 10.5. The highest BCUT2D eigenvalue weighted by atomic mass is 16.5. The lowest BCUT2D eigenvalue weighted by atomic mass is 9.82. The van der Waals surface area contributed by atoms with E-state index in [0.29, 0.717) is 6.54 Å². The summed E-state index contributed by atoms with van der Waals surface area (Å²) in [4.78, 5) is 2.29. The highest BCUT2D eigenvalue weighted by Crippen LogP contribution is 2.23. The molecule has 0 aromatic heterocycles. The van der Waals surface area contributed by atoms with E-state index in [4.69, 9.17) is 10.5 Å². The molecular formula is C15H26N2O. The van der Waals surface area contributed by atoms with Crippen LogP contribution in [-0.2, 0) is 10.2 Å². The third-order valence-electron chi connectivity index (χ3n) is 3.36. The first-order valence-electron chi connectivity index (χ1n) is 6.64. The zero-order valence-electron chi connectivity index (χ0n) is 11.9. The van der Waals surface area contributed by atoms with Gasteiger partial charge in [0.1, 0.15) is 0 Å². The van der Waals surface area contributed by atoms with Crippen LogP contribution in [0.25, 0.3) is 0 Å². The van der Waals surface area contributed by atoms with Gasteiger partial charge in [-0.3, -0.25) is 0 Å². The third kappa shape index (κ3) is 4.41. The number of hydrogen-bond acceptors (Lipinski definition) is 3. The molecule has 0 aliphatic carbocycles. The lowest BCUT2D eigenvalue weighted by molar-refractivity contribution is 0.115. The van der Waals surface area contributed by atoms with Gasteiger partial charge in [0.15, 0.2) is 0 Å². The molecule has 3 heteroatoms. The molecule has 1 aromatic rings. The van der Waals surface area contributed by atoms with Crippen LogP contribution in [-0.4, -0.2) is 44.8 Å². The average Bonchev–Trinajstić information content (AvgIpc) is 2.40. The zero-order chi connectivity index (χ0) is 13.4. The third-order valence-corrected chi connectivity index (χ3v) is 3.36. The van der Waals surface area contributed by atoms with Crippen LogP contribution < -0.4 is 5.73 Å². The summed E-state index contributed by atoms with van der Waals surface area (Å²) in [6.07, 6.45) is 0. The Morgan fingerprint density at radius 1 is 1.28 bits per heavy atom. The number of benzene rings is 1. The van der Waals surface area contributed by atoms with Crippen molar-refractivity contribution >= 4 is 0 Å². The normalized spacial score (nSPS) is 14.7. The van der Waals surface area contributed by atoms with Crippen LogP contribution in [0.2, 0.25) is 0 Å². The maximum atomic E-state index is 5.98. The van der Waals surface area contributed by atoms with Gasteiger partial charge < -0.3 is 15.4 Å². The fraction of sp³-hybridized carbons (Fsp3) is 0.600. The molecule has 0 heterocycles. The van der Waals surface area contributed by atoms with E-state index >= 15 is 0 Å². The molecule has 0 aliphatic rings. The number of hydrogen-bond donors (Lipinski definition) is 1. The first-order chi connectivity index (χ1) is 8.62. The zero-order valence-corrected chi connectivity index (χ0v) is 11.9. The summed E-state index contributed by atoms with van der Waals surface area (Å²) in [5, 5.41) is 0. The van der Waals surface area contributed by atoms with Gasteiger partial charge in [-0.1, -0.05) is 37.3 Å². The molecule has 0 aliphatic heterocycles. The second-order valence-corrected chi connectivity index (χ2v) is 5.07. The van der Waals surface area contributed by atoms with Crippen LogP contribution in [0.4, 0.5) is 0 Å². The number of ether oxygens (including phenoxy) is 1. The van der Waals surface area contributed by atoms with Gasteiger partial charge in [0.2, 0.25) is 0 Å². The molecule has 0 radical (unpaired) electrons. The molecule has 102 valence electrons. The van der Waals surface area contributed by atoms with Crippen molar-refractivity contribution in [3.8, 4) is 0 Å². The Morgan fingerprint density at radius 3 is 2.50 bits per heavy atom. The summed E-state index contributed by atoms with van der Waals surface area (Å²) < 4.78 is 5.39. The summed E-state index contributed by atoms with van der Waals surface area (Å²) in [6.45, 7) is 8.34. The Hall–Kier alpha value is -0.900. The summed E-state index contributed by atoms with van der Waals surface area (Å²) in [7, 11) is 2.12. The van der Waals surface area contributed by atoms with Gasteiger partial charge in [-0.2, -0.15) is 0 Å². The van der Waals surface area contributed by atoms with Crippen molar-refractivity contribution in [1.29, 1.82) is 0 Å². The van der Waals surface area contributed by atoms with Crippen LogP contribution >= 0.6 is 0 Å². The Kier molecular flexibility index (Phi) is 6.33. The van der Waals surface area contributed by atoms with Crippen LogP contribution in [0, 0.1) is 0 Å². The Morgan fingerprint density at radius 2 is 1.94 bits per heavy atom. The summed E-state index contributed by atoms with van der Waals surface area (Å²) in [5.41, 5.74) is 7.29. The topological polar surface area (TPSA) is 38.5 Å². The van der Waals surface area contributed by atoms with Crippen molar-refractivity contribution in [3.63, 3.8) is 0 Å². The first kappa shape index (κ1) is 15.2. The number of rotatable bonds is 8. The second-order valence-electron chi connectivity index (χ2n) is 5.07. The van der Waals surface area contributed by atoms with Gasteiger partial charge in [-0.25, -0.2) is 0 Å². The number of nitrogens with zero attached hydrogens (tertiary/aromatic N) is 1. The predicted molar refractivity (Wildman–Crippen MR) is 76.8 cm³/mol. The fourth-order valence-corrected chi connectivity index (χ4v) is 2.15. The van der Waals surface area contributed by atoms with E-state index in [1.807, 2.05) is 13.0 Å². The van der Waals surface area contributed by atoms with Gasteiger partial charge in [0.25, 0.3) is 0 Å². The Balaban J connectivity index is 2.60. The first-order valence-corrected chi connectivity index (χ1v) is 6.64. The van der Waals surface area contributed by atoms with Crippen molar-refractivity contribution in [1.82, 2.24) is 4.90 Å². The molecule has 0 fully saturated rings. The number of likely N-dealkylation sites (N-methyl/N-ethyl adjacent to an activating group) is 1. The van der Waals surface area contributed by atoms with Crippen molar-refractivity contribution in [2.24, 2.45) is 5.73 Å². The van der Waals surface area contributed by atoms with Crippen molar-refractivity contribution in [2.75, 3.05) is 39.9 Å². The predicted octanol–water partition coefficient (Wildman–Crippen LogP) is 1.87. The molecule has 0 amide bonds. The molecule has 1 atom stereocenters. The monoisotopic (exact) mass is 250 g/mol. The molecule has 0 saturated heterocycles. The molecular weight excluding hydrogens is 224 g/mol. The summed E-state index contributed by atoms with van der Waals surface area (Å²) >= 11 is 0. The van der Waals surface area contributed by atoms with Gasteiger partial charge in [0, 0.05) is 31.7 Å². The van der Waals surface area contributed by atoms with Gasteiger partial charge >= 0.3 is 0 Å². The largest absolute Gasteiger partial charge is 0.380 e. The van der Waals surface area contributed by atoms with E-state index in [1.54, 1.807) is 0 Å². The highest BCUT2D eigenvalue weighted by Gasteiger charge is 2.26. The van der Waals surface area contributed by atoms with Crippen molar-refractivity contribution in [3.05, 3.63) is 35.9 Å². The van der Waals surface area contributed by atoms with E-state index in [9.17, 15) is 0 Å². The lowest BCUT2D eigenvalue weighted by Gasteiger charge is -2.33. The van der Waals surface area contributed by atoms with E-state index in [1.165, 1.54) is 5.56 Å². The van der Waals surface area contributed by atoms with E-state index in [2.05, 4.69) is 43.1 Å². The molecule has 18 heavy (non-hydrogen) atoms. The van der Waals surface area contributed by atoms with Crippen LogP contribution in [0.1, 0.15) is 19.4 Å². The fourth-order valence-electron chi connectivity index (χ4n) is 2.15. The maximum Gasteiger partial charge on any atom is 0.0593 e. The molecule has 0 bridgehead atoms. The van der Waals surface area contributed by atoms with Crippen molar-refractivity contribution in [2.45, 2.75) is 19.3 Å². The molecule has 0 saturated carbocycles. The van der Waals surface area contributed by atoms with E-state index in [0.717, 1.165) is 26.3 Å². The molecule has 2 N–H and O–H groups in total. The summed E-state index contributed by atoms with van der Waals surface area (Å²) in [5.74, 6) is 0. The Bertz CT molecular complexity index is 329. The standard InChI is InChI=1S/C15H26N2O/c1-4-18-11-10-17(3)13-15(2,12-16)14-8-6-5-7-9-14/h5-9H,4,10-13,16H2,1-3H3. The lowest BCUT2D eigenvalue weighted by Crippen LogP contribution is -2.43.